The highest BCUT2D eigenvalue weighted by Crippen LogP contribution is 2.23. The SMILES string of the molecule is CC(C)C(CNCc1cccc(F)c1)c1ccccc1. The lowest BCUT2D eigenvalue weighted by Gasteiger charge is -2.22. The minimum Gasteiger partial charge on any atom is -0.312 e. The third-order valence-electron chi connectivity index (χ3n) is 3.61. The van der Waals surface area contributed by atoms with Crippen LogP contribution in [-0.4, -0.2) is 6.54 Å². The summed E-state index contributed by atoms with van der Waals surface area (Å²) in [5.41, 5.74) is 2.34. The average molecular weight is 271 g/mol. The molecule has 2 rings (SSSR count). The lowest BCUT2D eigenvalue weighted by molar-refractivity contribution is 0.461. The van der Waals surface area contributed by atoms with Gasteiger partial charge in [0.2, 0.25) is 0 Å². The second-order valence-electron chi connectivity index (χ2n) is 5.52. The third kappa shape index (κ3) is 4.17. The van der Waals surface area contributed by atoms with Gasteiger partial charge in [-0.25, -0.2) is 4.39 Å². The van der Waals surface area contributed by atoms with E-state index in [4.69, 9.17) is 0 Å². The molecule has 0 fully saturated rings. The van der Waals surface area contributed by atoms with Gasteiger partial charge < -0.3 is 5.32 Å². The van der Waals surface area contributed by atoms with Crippen LogP contribution in [-0.2, 0) is 6.54 Å². The molecule has 0 saturated carbocycles. The van der Waals surface area contributed by atoms with Crippen LogP contribution in [0.3, 0.4) is 0 Å². The molecule has 0 heterocycles. The van der Waals surface area contributed by atoms with Crippen molar-refractivity contribution in [3.63, 3.8) is 0 Å². The van der Waals surface area contributed by atoms with Gasteiger partial charge in [-0.2, -0.15) is 0 Å². The van der Waals surface area contributed by atoms with E-state index in [0.29, 0.717) is 18.4 Å². The molecule has 2 heteroatoms. The summed E-state index contributed by atoms with van der Waals surface area (Å²) >= 11 is 0. The van der Waals surface area contributed by atoms with E-state index in [9.17, 15) is 4.39 Å². The zero-order valence-corrected chi connectivity index (χ0v) is 12.1. The molecule has 0 spiro atoms. The van der Waals surface area contributed by atoms with Crippen LogP contribution in [0.2, 0.25) is 0 Å². The van der Waals surface area contributed by atoms with Crippen LogP contribution in [0.4, 0.5) is 4.39 Å². The van der Waals surface area contributed by atoms with Crippen molar-refractivity contribution in [2.75, 3.05) is 6.54 Å². The van der Waals surface area contributed by atoms with Crippen molar-refractivity contribution >= 4 is 0 Å². The standard InChI is InChI=1S/C18H22FN/c1-14(2)18(16-8-4-3-5-9-16)13-20-12-15-7-6-10-17(19)11-15/h3-11,14,18,20H,12-13H2,1-2H3. The maximum absolute atomic E-state index is 13.1. The van der Waals surface area contributed by atoms with Crippen LogP contribution in [0, 0.1) is 11.7 Å². The lowest BCUT2D eigenvalue weighted by Crippen LogP contribution is -2.24. The van der Waals surface area contributed by atoms with Crippen molar-refractivity contribution in [3.8, 4) is 0 Å². The first kappa shape index (κ1) is 14.7. The number of rotatable bonds is 6. The van der Waals surface area contributed by atoms with Gasteiger partial charge in [0.05, 0.1) is 0 Å². The number of benzene rings is 2. The van der Waals surface area contributed by atoms with Crippen molar-refractivity contribution in [1.29, 1.82) is 0 Å². The molecule has 1 nitrogen and oxygen atoms in total. The summed E-state index contributed by atoms with van der Waals surface area (Å²) < 4.78 is 13.1. The summed E-state index contributed by atoms with van der Waals surface area (Å²) in [4.78, 5) is 0. The maximum atomic E-state index is 13.1. The van der Waals surface area contributed by atoms with Gasteiger partial charge in [-0.05, 0) is 35.1 Å². The summed E-state index contributed by atoms with van der Waals surface area (Å²) in [5, 5.41) is 3.44. The van der Waals surface area contributed by atoms with Crippen LogP contribution in [0.15, 0.2) is 54.6 Å². The Morgan fingerprint density at radius 2 is 1.75 bits per heavy atom. The van der Waals surface area contributed by atoms with Crippen molar-refractivity contribution < 1.29 is 4.39 Å². The molecule has 0 aliphatic heterocycles. The molecule has 2 aromatic carbocycles. The molecule has 106 valence electrons. The summed E-state index contributed by atoms with van der Waals surface area (Å²) in [5.74, 6) is 0.870. The largest absolute Gasteiger partial charge is 0.312 e. The third-order valence-corrected chi connectivity index (χ3v) is 3.61. The molecule has 2 aromatic rings. The Morgan fingerprint density at radius 3 is 2.40 bits per heavy atom. The number of hydrogen-bond acceptors (Lipinski definition) is 1. The van der Waals surface area contributed by atoms with Gasteiger partial charge in [-0.3, -0.25) is 0 Å². The molecule has 0 aliphatic rings. The fraction of sp³-hybridized carbons (Fsp3) is 0.333. The maximum Gasteiger partial charge on any atom is 0.123 e. The number of halogens is 1. The molecule has 0 saturated heterocycles. The molecular weight excluding hydrogens is 249 g/mol. The molecule has 0 aliphatic carbocycles. The topological polar surface area (TPSA) is 12.0 Å². The number of hydrogen-bond donors (Lipinski definition) is 1. The van der Waals surface area contributed by atoms with Gasteiger partial charge in [0.1, 0.15) is 5.82 Å². The van der Waals surface area contributed by atoms with Crippen LogP contribution < -0.4 is 5.32 Å². The van der Waals surface area contributed by atoms with E-state index in [1.165, 1.54) is 11.6 Å². The van der Waals surface area contributed by atoms with Gasteiger partial charge in [0.15, 0.2) is 0 Å². The van der Waals surface area contributed by atoms with Gasteiger partial charge in [-0.1, -0.05) is 56.3 Å². The minimum atomic E-state index is -0.173. The molecular formula is C18H22FN. The number of nitrogens with one attached hydrogen (secondary N) is 1. The monoisotopic (exact) mass is 271 g/mol. The molecule has 1 atom stereocenters. The summed E-state index contributed by atoms with van der Waals surface area (Å²) in [6, 6.07) is 17.3. The van der Waals surface area contributed by atoms with Crippen molar-refractivity contribution in [2.24, 2.45) is 5.92 Å². The van der Waals surface area contributed by atoms with Crippen LogP contribution in [0.25, 0.3) is 0 Å². The van der Waals surface area contributed by atoms with Gasteiger partial charge in [-0.15, -0.1) is 0 Å². The summed E-state index contributed by atoms with van der Waals surface area (Å²) in [7, 11) is 0. The van der Waals surface area contributed by atoms with Crippen LogP contribution in [0.1, 0.15) is 30.9 Å². The van der Waals surface area contributed by atoms with Gasteiger partial charge >= 0.3 is 0 Å². The van der Waals surface area contributed by atoms with Crippen molar-refractivity contribution in [2.45, 2.75) is 26.3 Å². The first-order valence-corrected chi connectivity index (χ1v) is 7.17. The van der Waals surface area contributed by atoms with E-state index < -0.39 is 0 Å². The van der Waals surface area contributed by atoms with E-state index in [2.05, 4.69) is 43.4 Å². The first-order valence-electron chi connectivity index (χ1n) is 7.17. The van der Waals surface area contributed by atoms with E-state index in [1.807, 2.05) is 12.1 Å². The molecule has 0 bridgehead atoms. The fourth-order valence-electron chi connectivity index (χ4n) is 2.46. The normalized spacial score (nSPS) is 12.6. The molecule has 1 N–H and O–H groups in total. The van der Waals surface area contributed by atoms with Crippen LogP contribution in [0.5, 0.6) is 0 Å². The predicted octanol–water partition coefficient (Wildman–Crippen LogP) is 4.36. The Kier molecular flexibility index (Phi) is 5.31. The Balaban J connectivity index is 1.93. The Labute approximate surface area is 120 Å². The van der Waals surface area contributed by atoms with E-state index in [1.54, 1.807) is 12.1 Å². The fourth-order valence-corrected chi connectivity index (χ4v) is 2.46. The average Bonchev–Trinajstić information content (AvgIpc) is 2.44. The zero-order valence-electron chi connectivity index (χ0n) is 12.1. The molecule has 0 aromatic heterocycles. The molecule has 0 radical (unpaired) electrons. The van der Waals surface area contributed by atoms with Crippen molar-refractivity contribution in [3.05, 3.63) is 71.5 Å². The van der Waals surface area contributed by atoms with Gasteiger partial charge in [0, 0.05) is 13.1 Å². The highest BCUT2D eigenvalue weighted by atomic mass is 19.1. The second kappa shape index (κ2) is 7.20. The predicted molar refractivity (Wildman–Crippen MR) is 82.1 cm³/mol. The van der Waals surface area contributed by atoms with Gasteiger partial charge in [0.25, 0.3) is 0 Å². The second-order valence-corrected chi connectivity index (χ2v) is 5.52. The lowest BCUT2D eigenvalue weighted by atomic mass is 9.88. The first-order chi connectivity index (χ1) is 9.66. The zero-order chi connectivity index (χ0) is 14.4. The Hall–Kier alpha value is -1.67. The quantitative estimate of drug-likeness (QED) is 0.823. The Morgan fingerprint density at radius 1 is 1.00 bits per heavy atom. The highest BCUT2D eigenvalue weighted by molar-refractivity contribution is 5.21. The van der Waals surface area contributed by atoms with E-state index in [0.717, 1.165) is 12.1 Å². The smallest absolute Gasteiger partial charge is 0.123 e. The highest BCUT2D eigenvalue weighted by Gasteiger charge is 2.14. The van der Waals surface area contributed by atoms with E-state index >= 15 is 0 Å². The Bertz CT molecular complexity index is 522. The molecule has 20 heavy (non-hydrogen) atoms. The van der Waals surface area contributed by atoms with Crippen molar-refractivity contribution in [1.82, 2.24) is 5.32 Å². The van der Waals surface area contributed by atoms with Crippen LogP contribution >= 0.6 is 0 Å². The molecule has 1 unspecified atom stereocenters. The summed E-state index contributed by atoms with van der Waals surface area (Å²) in [6.45, 7) is 6.08. The minimum absolute atomic E-state index is 0.173. The van der Waals surface area contributed by atoms with E-state index in [-0.39, 0.29) is 5.82 Å². The molecule has 0 amide bonds. The summed E-state index contributed by atoms with van der Waals surface area (Å²) in [6.07, 6.45) is 0.